The van der Waals surface area contributed by atoms with Gasteiger partial charge in [-0.3, -0.25) is 4.79 Å². The molecule has 1 aliphatic carbocycles. The van der Waals surface area contributed by atoms with Gasteiger partial charge in [0.15, 0.2) is 11.5 Å². The van der Waals surface area contributed by atoms with Gasteiger partial charge in [0.1, 0.15) is 11.3 Å². The predicted octanol–water partition coefficient (Wildman–Crippen LogP) is 3.18. The number of rotatable bonds is 5. The average Bonchev–Trinajstić information content (AvgIpc) is 3.50. The van der Waals surface area contributed by atoms with Crippen LogP contribution in [0, 0.1) is 5.41 Å². The fraction of sp³-hybridized carbons (Fsp3) is 0.522. The van der Waals surface area contributed by atoms with Crippen LogP contribution in [-0.4, -0.2) is 53.7 Å². The molecule has 4 rings (SSSR count). The van der Waals surface area contributed by atoms with E-state index in [0.29, 0.717) is 43.3 Å². The molecule has 3 N–H and O–H groups in total. The lowest BCUT2D eigenvalue weighted by atomic mass is 9.83. The molecule has 2 aliphatic heterocycles. The van der Waals surface area contributed by atoms with E-state index in [9.17, 15) is 9.59 Å². The number of nitrogens with zero attached hydrogens (tertiary/aromatic N) is 1. The fourth-order valence-corrected chi connectivity index (χ4v) is 4.45. The van der Waals surface area contributed by atoms with Gasteiger partial charge in [-0.25, -0.2) is 4.79 Å². The minimum absolute atomic E-state index is 0. The Bertz CT molecular complexity index is 863. The highest BCUT2D eigenvalue weighted by atomic mass is 16.5. The summed E-state index contributed by atoms with van der Waals surface area (Å²) in [5.74, 6) is 0.689. The second-order valence-electron chi connectivity index (χ2n) is 8.86. The maximum absolute atomic E-state index is 12.7. The molecule has 1 saturated carbocycles. The van der Waals surface area contributed by atoms with Crippen molar-refractivity contribution < 1.29 is 15.8 Å². The number of amides is 2. The zero-order valence-electron chi connectivity index (χ0n) is 17.6. The summed E-state index contributed by atoms with van der Waals surface area (Å²) in [6.07, 6.45) is 3.55. The van der Waals surface area contributed by atoms with Crippen LogP contribution >= 0.6 is 0 Å². The monoisotopic (exact) mass is 412 g/mol. The number of benzene rings is 1. The van der Waals surface area contributed by atoms with Gasteiger partial charge in [0.25, 0.3) is 0 Å². The lowest BCUT2D eigenvalue weighted by Gasteiger charge is -2.44. The molecule has 2 unspecified atom stereocenters. The van der Waals surface area contributed by atoms with Gasteiger partial charge < -0.3 is 25.7 Å². The van der Waals surface area contributed by atoms with Crippen LogP contribution in [0.1, 0.15) is 52.4 Å². The Morgan fingerprint density at radius 3 is 2.63 bits per heavy atom. The number of hydrogen-bond acceptors (Lipinski definition) is 5. The van der Waals surface area contributed by atoms with E-state index < -0.39 is 5.60 Å². The van der Waals surface area contributed by atoms with Crippen molar-refractivity contribution in [2.45, 2.75) is 63.1 Å². The molecule has 1 aromatic carbocycles. The Morgan fingerprint density at radius 1 is 1.30 bits per heavy atom. The van der Waals surface area contributed by atoms with Crippen molar-refractivity contribution in [1.82, 2.24) is 15.5 Å². The number of piperidine rings is 1. The summed E-state index contributed by atoms with van der Waals surface area (Å²) in [7, 11) is 0. The predicted molar refractivity (Wildman–Crippen MR) is 117 cm³/mol. The van der Waals surface area contributed by atoms with Crippen molar-refractivity contribution in [3.05, 3.63) is 47.4 Å². The van der Waals surface area contributed by atoms with E-state index in [4.69, 9.17) is 10.1 Å². The Balaban J connectivity index is 0.00000272. The van der Waals surface area contributed by atoms with E-state index in [1.165, 1.54) is 5.56 Å². The van der Waals surface area contributed by atoms with Crippen molar-refractivity contribution in [2.75, 3.05) is 13.1 Å². The van der Waals surface area contributed by atoms with Gasteiger partial charge in [0.05, 0.1) is 12.6 Å². The summed E-state index contributed by atoms with van der Waals surface area (Å²) >= 11 is 0. The number of hydrogen-bond donors (Lipinski definition) is 3. The van der Waals surface area contributed by atoms with Crippen LogP contribution in [0.2, 0.25) is 0 Å². The maximum Gasteiger partial charge on any atom is 0.317 e. The van der Waals surface area contributed by atoms with Gasteiger partial charge in [-0.15, -0.1) is 0 Å². The SMILES string of the molecule is CC(C)NC1=C(C=N)OC2(CCN(C(=O)NC3CC3c3ccccc3)CC2)CC1=O.[HH]. The standard InChI is InChI=1S/C23H30N4O3.H2/c1-15(2)25-21-19(28)13-23(30-20(21)14-24)8-10-27(11-9-23)22(29)26-18-12-17(18)16-6-4-3-5-7-16;/h3-7,14-15,17-18,24-25H,8-13H2,1-2H3,(H,26,29);1H. The third-order valence-corrected chi connectivity index (χ3v) is 6.19. The van der Waals surface area contributed by atoms with Crippen molar-refractivity contribution in [1.29, 1.82) is 5.41 Å². The lowest BCUT2D eigenvalue weighted by Crippen LogP contribution is -2.53. The second kappa shape index (κ2) is 8.13. The van der Waals surface area contributed by atoms with Gasteiger partial charge in [-0.05, 0) is 25.8 Å². The van der Waals surface area contributed by atoms with E-state index in [-0.39, 0.29) is 31.7 Å². The highest BCUT2D eigenvalue weighted by molar-refractivity contribution is 6.01. The second-order valence-corrected chi connectivity index (χ2v) is 8.86. The first-order chi connectivity index (χ1) is 14.4. The molecule has 30 heavy (non-hydrogen) atoms. The molecule has 2 fully saturated rings. The van der Waals surface area contributed by atoms with Gasteiger partial charge >= 0.3 is 6.03 Å². The molecule has 7 heteroatoms. The Labute approximate surface area is 178 Å². The molecule has 2 heterocycles. The van der Waals surface area contributed by atoms with Crippen molar-refractivity contribution in [2.24, 2.45) is 0 Å². The normalized spacial score (nSPS) is 25.2. The van der Waals surface area contributed by atoms with Crippen LogP contribution in [0.15, 0.2) is 41.8 Å². The summed E-state index contributed by atoms with van der Waals surface area (Å²) in [6, 6.07) is 10.5. The third kappa shape index (κ3) is 4.20. The number of carbonyl (C=O) groups excluding carboxylic acids is 2. The minimum atomic E-state index is -0.616. The van der Waals surface area contributed by atoms with Crippen molar-refractivity contribution in [3.8, 4) is 0 Å². The molecule has 0 radical (unpaired) electrons. The zero-order valence-corrected chi connectivity index (χ0v) is 17.6. The first kappa shape index (κ1) is 20.4. The third-order valence-electron chi connectivity index (χ3n) is 6.19. The van der Waals surface area contributed by atoms with E-state index in [1.807, 2.05) is 36.9 Å². The first-order valence-corrected chi connectivity index (χ1v) is 10.7. The van der Waals surface area contributed by atoms with E-state index in [1.54, 1.807) is 0 Å². The molecule has 1 saturated heterocycles. The molecule has 7 nitrogen and oxygen atoms in total. The fourth-order valence-electron chi connectivity index (χ4n) is 4.45. The molecule has 3 aliphatic rings. The minimum Gasteiger partial charge on any atom is -0.483 e. The van der Waals surface area contributed by atoms with E-state index in [2.05, 4.69) is 22.8 Å². The number of Topliss-reactive ketones (excluding diaryl/α,β-unsaturated/α-hetero) is 1. The zero-order chi connectivity index (χ0) is 21.3. The topological polar surface area (TPSA) is 94.5 Å². The van der Waals surface area contributed by atoms with Crippen LogP contribution in [0.5, 0.6) is 0 Å². The first-order valence-electron chi connectivity index (χ1n) is 10.7. The smallest absolute Gasteiger partial charge is 0.317 e. The number of nitrogens with one attached hydrogen (secondary N) is 3. The molecular formula is C23H32N4O3. The molecule has 2 amide bonds. The van der Waals surface area contributed by atoms with Crippen LogP contribution in [0.3, 0.4) is 0 Å². The number of likely N-dealkylation sites (tertiary alicyclic amines) is 1. The average molecular weight is 413 g/mol. The lowest BCUT2D eigenvalue weighted by molar-refractivity contribution is -0.128. The van der Waals surface area contributed by atoms with Crippen molar-refractivity contribution in [3.63, 3.8) is 0 Å². The van der Waals surface area contributed by atoms with Gasteiger partial charge in [-0.1, -0.05) is 30.3 Å². The van der Waals surface area contributed by atoms with Crippen LogP contribution < -0.4 is 10.6 Å². The molecule has 2 atom stereocenters. The summed E-state index contributed by atoms with van der Waals surface area (Å²) in [5, 5.41) is 13.9. The van der Waals surface area contributed by atoms with Crippen molar-refractivity contribution >= 4 is 18.0 Å². The van der Waals surface area contributed by atoms with Crippen LogP contribution in [0.25, 0.3) is 0 Å². The molecule has 1 aromatic rings. The summed E-state index contributed by atoms with van der Waals surface area (Å²) in [5.41, 5.74) is 1.05. The van der Waals surface area contributed by atoms with E-state index >= 15 is 0 Å². The number of urea groups is 1. The number of carbonyl (C=O) groups is 2. The molecule has 0 bridgehead atoms. The number of allylic oxidation sites excluding steroid dienone is 2. The Kier molecular flexibility index (Phi) is 5.54. The largest absolute Gasteiger partial charge is 0.483 e. The Hall–Kier alpha value is -2.83. The molecule has 162 valence electrons. The quantitative estimate of drug-likeness (QED) is 0.648. The highest BCUT2D eigenvalue weighted by Gasteiger charge is 2.45. The van der Waals surface area contributed by atoms with Gasteiger partial charge in [0, 0.05) is 45.4 Å². The summed E-state index contributed by atoms with van der Waals surface area (Å²) in [4.78, 5) is 27.2. The van der Waals surface area contributed by atoms with Crippen LogP contribution in [0.4, 0.5) is 4.79 Å². The maximum atomic E-state index is 12.7. The number of ketones is 1. The van der Waals surface area contributed by atoms with E-state index in [0.717, 1.165) is 12.6 Å². The molecule has 0 aromatic heterocycles. The van der Waals surface area contributed by atoms with Gasteiger partial charge in [0.2, 0.25) is 0 Å². The highest BCUT2D eigenvalue weighted by Crippen LogP contribution is 2.41. The molecule has 1 spiro atoms. The molecular weight excluding hydrogens is 380 g/mol. The number of ether oxygens (including phenoxy) is 1. The van der Waals surface area contributed by atoms with Crippen LogP contribution in [-0.2, 0) is 9.53 Å². The van der Waals surface area contributed by atoms with Gasteiger partial charge in [-0.2, -0.15) is 0 Å². The summed E-state index contributed by atoms with van der Waals surface area (Å²) in [6.45, 7) is 4.98. The Morgan fingerprint density at radius 2 is 2.00 bits per heavy atom. The summed E-state index contributed by atoms with van der Waals surface area (Å²) < 4.78 is 6.14.